The molecule has 27 heavy (non-hydrogen) atoms. The van der Waals surface area contributed by atoms with Crippen molar-refractivity contribution >= 4 is 17.8 Å². The molecule has 6 nitrogen and oxygen atoms in total. The lowest BCUT2D eigenvalue weighted by Gasteiger charge is -2.20. The molecule has 0 heterocycles. The van der Waals surface area contributed by atoms with E-state index in [9.17, 15) is 19.5 Å². The maximum Gasteiger partial charge on any atom is 0.326 e. The molecule has 0 fully saturated rings. The van der Waals surface area contributed by atoms with Gasteiger partial charge in [-0.15, -0.1) is 0 Å². The van der Waals surface area contributed by atoms with Crippen LogP contribution < -0.4 is 10.6 Å². The Morgan fingerprint density at radius 3 is 2.15 bits per heavy atom. The molecule has 0 radical (unpaired) electrons. The van der Waals surface area contributed by atoms with E-state index in [0.717, 1.165) is 16.7 Å². The maximum absolute atomic E-state index is 12.5. The number of carboxylic acid groups (broad SMARTS) is 1. The minimum atomic E-state index is -1.10. The van der Waals surface area contributed by atoms with E-state index in [4.69, 9.17) is 0 Å². The molecule has 0 spiro atoms. The van der Waals surface area contributed by atoms with E-state index in [2.05, 4.69) is 10.6 Å². The summed E-state index contributed by atoms with van der Waals surface area (Å²) in [4.78, 5) is 35.5. The minimum Gasteiger partial charge on any atom is -0.480 e. The van der Waals surface area contributed by atoms with Crippen LogP contribution in [0.15, 0.2) is 54.6 Å². The first-order valence-electron chi connectivity index (χ1n) is 8.75. The Labute approximate surface area is 158 Å². The Balaban J connectivity index is 2.07. The summed E-state index contributed by atoms with van der Waals surface area (Å²) >= 11 is 0. The number of hydrogen-bond acceptors (Lipinski definition) is 3. The van der Waals surface area contributed by atoms with Gasteiger partial charge in [-0.25, -0.2) is 4.79 Å². The van der Waals surface area contributed by atoms with Gasteiger partial charge >= 0.3 is 5.97 Å². The molecule has 142 valence electrons. The second kappa shape index (κ2) is 9.52. The topological polar surface area (TPSA) is 95.5 Å². The van der Waals surface area contributed by atoms with Gasteiger partial charge in [-0.1, -0.05) is 60.2 Å². The van der Waals surface area contributed by atoms with Crippen LogP contribution in [0.1, 0.15) is 36.1 Å². The lowest BCUT2D eigenvalue weighted by Crippen LogP contribution is -2.43. The number of carbonyl (C=O) groups excluding carboxylic acids is 2. The van der Waals surface area contributed by atoms with E-state index < -0.39 is 24.0 Å². The molecule has 2 aromatic carbocycles. The average molecular weight is 368 g/mol. The number of aliphatic carboxylic acids is 1. The summed E-state index contributed by atoms with van der Waals surface area (Å²) in [5, 5.41) is 14.7. The van der Waals surface area contributed by atoms with Gasteiger partial charge in [0.05, 0.1) is 12.5 Å². The van der Waals surface area contributed by atoms with Gasteiger partial charge in [0.1, 0.15) is 6.04 Å². The van der Waals surface area contributed by atoms with E-state index in [0.29, 0.717) is 0 Å². The number of rotatable bonds is 8. The number of benzene rings is 2. The van der Waals surface area contributed by atoms with Gasteiger partial charge in [0.2, 0.25) is 11.8 Å². The number of amides is 2. The molecule has 6 heteroatoms. The van der Waals surface area contributed by atoms with Gasteiger partial charge in [-0.05, 0) is 18.1 Å². The molecule has 0 aromatic heterocycles. The van der Waals surface area contributed by atoms with Crippen LogP contribution in [-0.4, -0.2) is 28.9 Å². The molecule has 3 N–H and O–H groups in total. The van der Waals surface area contributed by atoms with E-state index >= 15 is 0 Å². The van der Waals surface area contributed by atoms with Crippen LogP contribution in [0.5, 0.6) is 0 Å². The van der Waals surface area contributed by atoms with E-state index in [1.807, 2.05) is 61.5 Å². The quantitative estimate of drug-likeness (QED) is 0.667. The van der Waals surface area contributed by atoms with Gasteiger partial charge in [-0.3, -0.25) is 9.59 Å². The Bertz CT molecular complexity index is 788. The summed E-state index contributed by atoms with van der Waals surface area (Å²) in [5.74, 6) is -1.79. The first-order valence-corrected chi connectivity index (χ1v) is 8.75. The number of aryl methyl sites for hydroxylation is 1. The number of carbonyl (C=O) groups is 3. The van der Waals surface area contributed by atoms with E-state index in [1.165, 1.54) is 6.92 Å². The predicted octanol–water partition coefficient (Wildman–Crippen LogP) is 2.37. The van der Waals surface area contributed by atoms with E-state index in [-0.39, 0.29) is 18.7 Å². The second-order valence-corrected chi connectivity index (χ2v) is 6.52. The molecule has 2 atom stereocenters. The molecular formula is C21H24N2O4. The van der Waals surface area contributed by atoms with Crippen molar-refractivity contribution in [3.05, 3.63) is 71.3 Å². The fraction of sp³-hybridized carbons (Fsp3) is 0.286. The molecule has 0 aliphatic heterocycles. The fourth-order valence-corrected chi connectivity index (χ4v) is 2.78. The SMILES string of the molecule is CC(=O)NC(CC(=O)NC(Cc1ccccc1)C(=O)O)c1ccc(C)cc1. The largest absolute Gasteiger partial charge is 0.480 e. The van der Waals surface area contributed by atoms with Crippen molar-refractivity contribution in [2.45, 2.75) is 38.8 Å². The highest BCUT2D eigenvalue weighted by Gasteiger charge is 2.23. The lowest BCUT2D eigenvalue weighted by molar-refractivity contribution is -0.142. The summed E-state index contributed by atoms with van der Waals surface area (Å²) in [6.07, 6.45) is 0.151. The van der Waals surface area contributed by atoms with Crippen molar-refractivity contribution in [3.63, 3.8) is 0 Å². The molecule has 2 rings (SSSR count). The molecule has 2 unspecified atom stereocenters. The van der Waals surface area contributed by atoms with Crippen LogP contribution in [0.3, 0.4) is 0 Å². The number of carboxylic acids is 1. The molecular weight excluding hydrogens is 344 g/mol. The van der Waals surface area contributed by atoms with Gasteiger partial charge < -0.3 is 15.7 Å². The summed E-state index contributed by atoms with van der Waals surface area (Å²) in [6.45, 7) is 3.33. The van der Waals surface area contributed by atoms with Gasteiger partial charge in [0.25, 0.3) is 0 Å². The number of nitrogens with one attached hydrogen (secondary N) is 2. The molecule has 2 aromatic rings. The highest BCUT2D eigenvalue weighted by Crippen LogP contribution is 2.18. The minimum absolute atomic E-state index is 0.0405. The van der Waals surface area contributed by atoms with Crippen LogP contribution in [0.25, 0.3) is 0 Å². The predicted molar refractivity (Wildman–Crippen MR) is 102 cm³/mol. The number of hydrogen-bond donors (Lipinski definition) is 3. The van der Waals surface area contributed by atoms with Crippen LogP contribution >= 0.6 is 0 Å². The standard InChI is InChI=1S/C21H24N2O4/c1-14-8-10-17(11-9-14)18(22-15(2)24)13-20(25)23-19(21(26)27)12-16-6-4-3-5-7-16/h3-11,18-19H,12-13H2,1-2H3,(H,22,24)(H,23,25)(H,26,27). The second-order valence-electron chi connectivity index (χ2n) is 6.52. The maximum atomic E-state index is 12.5. The highest BCUT2D eigenvalue weighted by molar-refractivity contribution is 5.84. The summed E-state index contributed by atoms with van der Waals surface area (Å²) in [6, 6.07) is 15.1. The van der Waals surface area contributed by atoms with Crippen molar-refractivity contribution in [2.75, 3.05) is 0 Å². The first kappa shape index (κ1) is 20.2. The third kappa shape index (κ3) is 6.58. The van der Waals surface area contributed by atoms with Crippen molar-refractivity contribution < 1.29 is 19.5 Å². The molecule has 0 aliphatic carbocycles. The zero-order valence-electron chi connectivity index (χ0n) is 15.4. The molecule has 0 bridgehead atoms. The van der Waals surface area contributed by atoms with Crippen molar-refractivity contribution in [2.24, 2.45) is 0 Å². The van der Waals surface area contributed by atoms with Crippen LogP contribution in [0, 0.1) is 6.92 Å². The van der Waals surface area contributed by atoms with Crippen molar-refractivity contribution in [1.82, 2.24) is 10.6 Å². The Hall–Kier alpha value is -3.15. The van der Waals surface area contributed by atoms with Crippen LogP contribution in [0.4, 0.5) is 0 Å². The van der Waals surface area contributed by atoms with Gasteiger partial charge in [-0.2, -0.15) is 0 Å². The third-order valence-corrected chi connectivity index (χ3v) is 4.16. The average Bonchev–Trinajstić information content (AvgIpc) is 2.61. The van der Waals surface area contributed by atoms with Crippen LogP contribution in [-0.2, 0) is 20.8 Å². The summed E-state index contributed by atoms with van der Waals surface area (Å²) in [7, 11) is 0. The fourth-order valence-electron chi connectivity index (χ4n) is 2.78. The van der Waals surface area contributed by atoms with Crippen molar-refractivity contribution in [3.8, 4) is 0 Å². The molecule has 0 saturated carbocycles. The monoisotopic (exact) mass is 368 g/mol. The van der Waals surface area contributed by atoms with E-state index in [1.54, 1.807) is 0 Å². The zero-order chi connectivity index (χ0) is 19.8. The third-order valence-electron chi connectivity index (χ3n) is 4.16. The lowest BCUT2D eigenvalue weighted by atomic mass is 10.0. The molecule has 2 amide bonds. The Morgan fingerprint density at radius 1 is 0.963 bits per heavy atom. The first-order chi connectivity index (χ1) is 12.8. The van der Waals surface area contributed by atoms with Crippen LogP contribution in [0.2, 0.25) is 0 Å². The smallest absolute Gasteiger partial charge is 0.326 e. The summed E-state index contributed by atoms with van der Waals surface area (Å²) in [5.41, 5.74) is 2.68. The zero-order valence-corrected chi connectivity index (χ0v) is 15.4. The Morgan fingerprint density at radius 2 is 1.59 bits per heavy atom. The van der Waals surface area contributed by atoms with Gasteiger partial charge in [0.15, 0.2) is 0 Å². The van der Waals surface area contributed by atoms with Gasteiger partial charge in [0, 0.05) is 13.3 Å². The Kier molecular flexibility index (Phi) is 7.11. The highest BCUT2D eigenvalue weighted by atomic mass is 16.4. The summed E-state index contributed by atoms with van der Waals surface area (Å²) < 4.78 is 0. The molecule has 0 saturated heterocycles. The van der Waals surface area contributed by atoms with Crippen molar-refractivity contribution in [1.29, 1.82) is 0 Å². The normalized spacial score (nSPS) is 12.7. The molecule has 0 aliphatic rings.